The summed E-state index contributed by atoms with van der Waals surface area (Å²) in [6.07, 6.45) is 1.14. The van der Waals surface area contributed by atoms with Gasteiger partial charge in [0.2, 0.25) is 0 Å². The van der Waals surface area contributed by atoms with Crippen molar-refractivity contribution < 1.29 is 0 Å². The summed E-state index contributed by atoms with van der Waals surface area (Å²) in [5, 5.41) is 10.3. The fraction of sp³-hybridized carbons (Fsp3) is 1.00. The Kier molecular flexibility index (Phi) is 6.60. The minimum absolute atomic E-state index is 0.0779. The predicted octanol–water partition coefficient (Wildman–Crippen LogP) is -0.112. The predicted molar refractivity (Wildman–Crippen MR) is 67.7 cm³/mol. The van der Waals surface area contributed by atoms with Crippen molar-refractivity contribution in [2.45, 2.75) is 38.5 Å². The van der Waals surface area contributed by atoms with E-state index in [-0.39, 0.29) is 5.79 Å². The number of hydrogen-bond donors (Lipinski definition) is 3. The molecule has 1 unspecified atom stereocenters. The first kappa shape index (κ1) is 14.1. The summed E-state index contributed by atoms with van der Waals surface area (Å²) in [7, 11) is 5.26. The third-order valence-corrected chi connectivity index (χ3v) is 2.79. The van der Waals surface area contributed by atoms with Crippen LogP contribution in [0.5, 0.6) is 0 Å². The summed E-state index contributed by atoms with van der Waals surface area (Å²) in [5.74, 6) is 0.603. The van der Waals surface area contributed by atoms with Crippen LogP contribution in [0.1, 0.15) is 27.2 Å². The SMILES string of the molecule is CNC(CC(C)[SiH3])(NC)NCC(C)C. The average molecular weight is 217 g/mol. The highest BCUT2D eigenvalue weighted by Crippen LogP contribution is 2.13. The zero-order valence-electron chi connectivity index (χ0n) is 10.6. The topological polar surface area (TPSA) is 36.1 Å². The van der Waals surface area contributed by atoms with E-state index in [9.17, 15) is 0 Å². The molecule has 0 amide bonds. The molecule has 0 bridgehead atoms. The van der Waals surface area contributed by atoms with Gasteiger partial charge < -0.3 is 0 Å². The lowest BCUT2D eigenvalue weighted by Crippen LogP contribution is -2.65. The molecular weight excluding hydrogens is 190 g/mol. The van der Waals surface area contributed by atoms with Crippen molar-refractivity contribution >= 4 is 10.2 Å². The second-order valence-corrected chi connectivity index (χ2v) is 6.75. The first-order chi connectivity index (χ1) is 6.45. The van der Waals surface area contributed by atoms with Crippen LogP contribution >= 0.6 is 0 Å². The second-order valence-electron chi connectivity index (χ2n) is 4.78. The van der Waals surface area contributed by atoms with E-state index in [0.29, 0.717) is 5.92 Å². The Bertz CT molecular complexity index is 144. The molecule has 0 rings (SSSR count). The normalized spacial score (nSPS) is 15.0. The van der Waals surface area contributed by atoms with Crippen LogP contribution in [0.3, 0.4) is 0 Å². The highest BCUT2D eigenvalue weighted by atomic mass is 28.1. The van der Waals surface area contributed by atoms with Crippen LogP contribution in [0, 0.1) is 5.92 Å². The Morgan fingerprint density at radius 3 is 1.93 bits per heavy atom. The van der Waals surface area contributed by atoms with E-state index in [4.69, 9.17) is 0 Å². The second kappa shape index (κ2) is 6.56. The van der Waals surface area contributed by atoms with Gasteiger partial charge in [0.15, 0.2) is 0 Å². The van der Waals surface area contributed by atoms with Gasteiger partial charge in [-0.25, -0.2) is 0 Å². The lowest BCUT2D eigenvalue weighted by molar-refractivity contribution is 0.201. The standard InChI is InChI=1S/C10H27N3Si/c1-8(2)7-13-10(11-4,12-5)6-9(3)14/h8-9,11-13H,6-7H2,1-5,14H3. The van der Waals surface area contributed by atoms with Crippen LogP contribution in [-0.2, 0) is 0 Å². The summed E-state index contributed by atoms with van der Waals surface area (Å²) in [5.41, 5.74) is 0.801. The first-order valence-electron chi connectivity index (χ1n) is 5.58. The van der Waals surface area contributed by atoms with Crippen molar-refractivity contribution in [3.05, 3.63) is 0 Å². The Hall–Kier alpha value is 0.0969. The fourth-order valence-electron chi connectivity index (χ4n) is 1.57. The molecule has 0 aliphatic carbocycles. The van der Waals surface area contributed by atoms with Gasteiger partial charge in [-0.1, -0.05) is 26.3 Å². The largest absolute Gasteiger partial charge is 0.290 e. The summed E-state index contributed by atoms with van der Waals surface area (Å²) in [6.45, 7) is 7.79. The van der Waals surface area contributed by atoms with Crippen molar-refractivity contribution in [2.75, 3.05) is 20.6 Å². The van der Waals surface area contributed by atoms with Crippen molar-refractivity contribution in [3.63, 3.8) is 0 Å². The summed E-state index contributed by atoms with van der Waals surface area (Å²) in [4.78, 5) is 0. The van der Waals surface area contributed by atoms with E-state index in [1.807, 2.05) is 14.1 Å². The molecule has 0 saturated carbocycles. The molecule has 0 fully saturated rings. The van der Waals surface area contributed by atoms with Gasteiger partial charge in [-0.15, -0.1) is 0 Å². The highest BCUT2D eigenvalue weighted by molar-refractivity contribution is 6.11. The van der Waals surface area contributed by atoms with Crippen molar-refractivity contribution in [1.29, 1.82) is 0 Å². The lowest BCUT2D eigenvalue weighted by atomic mass is 10.1. The molecule has 0 aromatic rings. The molecule has 0 aliphatic heterocycles. The van der Waals surface area contributed by atoms with Crippen LogP contribution in [0.4, 0.5) is 0 Å². The van der Waals surface area contributed by atoms with Gasteiger partial charge in [-0.3, -0.25) is 16.0 Å². The van der Waals surface area contributed by atoms with Gasteiger partial charge in [0.1, 0.15) is 5.79 Å². The molecule has 0 spiro atoms. The Labute approximate surface area is 91.8 Å². The van der Waals surface area contributed by atoms with Crippen molar-refractivity contribution in [2.24, 2.45) is 5.92 Å². The van der Waals surface area contributed by atoms with E-state index in [2.05, 4.69) is 36.7 Å². The fourth-order valence-corrected chi connectivity index (χ4v) is 2.18. The third kappa shape index (κ3) is 5.10. The van der Waals surface area contributed by atoms with Crippen LogP contribution in [0.2, 0.25) is 5.54 Å². The monoisotopic (exact) mass is 217 g/mol. The highest BCUT2D eigenvalue weighted by Gasteiger charge is 2.26. The molecule has 4 heteroatoms. The molecule has 0 aromatic carbocycles. The van der Waals surface area contributed by atoms with E-state index in [1.54, 1.807) is 0 Å². The molecule has 0 aliphatic rings. The molecule has 0 aromatic heterocycles. The average Bonchev–Trinajstić information content (AvgIpc) is 2.11. The number of nitrogens with one attached hydrogen (secondary N) is 3. The molecule has 86 valence electrons. The van der Waals surface area contributed by atoms with E-state index < -0.39 is 0 Å². The summed E-state index contributed by atoms with van der Waals surface area (Å²) in [6, 6.07) is 0. The van der Waals surface area contributed by atoms with E-state index in [0.717, 1.165) is 18.5 Å². The molecule has 0 saturated heterocycles. The molecule has 3 N–H and O–H groups in total. The molecule has 0 radical (unpaired) electrons. The first-order valence-corrected chi connectivity index (χ1v) is 6.74. The zero-order valence-corrected chi connectivity index (χ0v) is 12.6. The van der Waals surface area contributed by atoms with Gasteiger partial charge >= 0.3 is 0 Å². The molecule has 0 heterocycles. The minimum atomic E-state index is -0.0779. The maximum atomic E-state index is 3.56. The van der Waals surface area contributed by atoms with E-state index in [1.165, 1.54) is 10.2 Å². The van der Waals surface area contributed by atoms with Crippen LogP contribution in [0.25, 0.3) is 0 Å². The molecular formula is C10H27N3Si. The third-order valence-electron chi connectivity index (χ3n) is 2.38. The smallest absolute Gasteiger partial charge is 0.122 e. The maximum Gasteiger partial charge on any atom is 0.122 e. The molecule has 14 heavy (non-hydrogen) atoms. The van der Waals surface area contributed by atoms with E-state index >= 15 is 0 Å². The van der Waals surface area contributed by atoms with Gasteiger partial charge in [-0.2, -0.15) is 0 Å². The Morgan fingerprint density at radius 1 is 1.14 bits per heavy atom. The minimum Gasteiger partial charge on any atom is -0.290 e. The van der Waals surface area contributed by atoms with Crippen molar-refractivity contribution in [3.8, 4) is 0 Å². The van der Waals surface area contributed by atoms with Crippen LogP contribution in [-0.4, -0.2) is 36.7 Å². The zero-order chi connectivity index (χ0) is 11.2. The van der Waals surface area contributed by atoms with Crippen LogP contribution < -0.4 is 16.0 Å². The van der Waals surface area contributed by atoms with Gasteiger partial charge in [-0.05, 0) is 26.4 Å². The summed E-state index contributed by atoms with van der Waals surface area (Å²) < 4.78 is 0. The van der Waals surface area contributed by atoms with Gasteiger partial charge in [0.25, 0.3) is 0 Å². The van der Waals surface area contributed by atoms with Gasteiger partial charge in [0, 0.05) is 16.8 Å². The lowest BCUT2D eigenvalue weighted by Gasteiger charge is -2.36. The Balaban J connectivity index is 4.21. The van der Waals surface area contributed by atoms with Gasteiger partial charge in [0.05, 0.1) is 0 Å². The Morgan fingerprint density at radius 2 is 1.64 bits per heavy atom. The summed E-state index contributed by atoms with van der Waals surface area (Å²) >= 11 is 0. The van der Waals surface area contributed by atoms with Crippen molar-refractivity contribution in [1.82, 2.24) is 16.0 Å². The number of hydrogen-bond acceptors (Lipinski definition) is 3. The van der Waals surface area contributed by atoms with Crippen LogP contribution in [0.15, 0.2) is 0 Å². The number of rotatable bonds is 7. The molecule has 3 nitrogen and oxygen atoms in total. The maximum absolute atomic E-state index is 3.56. The quantitative estimate of drug-likeness (QED) is 0.411. The molecule has 1 atom stereocenters.